The third kappa shape index (κ3) is 3.20. The standard InChI is InChI=1S/C15H14ClN5/c1-11-5-6-14(8-15(11)21-10-18-19-20-21)17-9-12-3-2-4-13(16)7-12/h2-8,10,17H,9H2,1H3. The summed E-state index contributed by atoms with van der Waals surface area (Å²) in [7, 11) is 0. The van der Waals surface area contributed by atoms with E-state index in [2.05, 4.69) is 20.8 Å². The van der Waals surface area contributed by atoms with E-state index < -0.39 is 0 Å². The molecule has 5 nitrogen and oxygen atoms in total. The van der Waals surface area contributed by atoms with Gasteiger partial charge >= 0.3 is 0 Å². The van der Waals surface area contributed by atoms with Crippen LogP contribution in [-0.4, -0.2) is 20.2 Å². The molecule has 3 rings (SSSR count). The molecule has 6 heteroatoms. The summed E-state index contributed by atoms with van der Waals surface area (Å²) in [4.78, 5) is 0. The Morgan fingerprint density at radius 1 is 1.19 bits per heavy atom. The summed E-state index contributed by atoms with van der Waals surface area (Å²) in [5.74, 6) is 0. The highest BCUT2D eigenvalue weighted by atomic mass is 35.5. The third-order valence-corrected chi connectivity index (χ3v) is 3.43. The van der Waals surface area contributed by atoms with Crippen molar-refractivity contribution >= 4 is 17.3 Å². The molecule has 2 aromatic carbocycles. The van der Waals surface area contributed by atoms with Crippen LogP contribution in [0.25, 0.3) is 5.69 Å². The average Bonchev–Trinajstić information content (AvgIpc) is 3.00. The Kier molecular flexibility index (Phi) is 3.83. The van der Waals surface area contributed by atoms with E-state index >= 15 is 0 Å². The topological polar surface area (TPSA) is 55.6 Å². The molecule has 106 valence electrons. The molecule has 0 saturated carbocycles. The molecular formula is C15H14ClN5. The van der Waals surface area contributed by atoms with E-state index in [0.717, 1.165) is 27.5 Å². The van der Waals surface area contributed by atoms with Gasteiger partial charge in [-0.15, -0.1) is 5.10 Å². The van der Waals surface area contributed by atoms with Crippen LogP contribution in [0.15, 0.2) is 48.8 Å². The predicted molar refractivity (Wildman–Crippen MR) is 82.7 cm³/mol. The summed E-state index contributed by atoms with van der Waals surface area (Å²) in [5.41, 5.74) is 4.20. The highest BCUT2D eigenvalue weighted by Crippen LogP contribution is 2.19. The van der Waals surface area contributed by atoms with E-state index in [-0.39, 0.29) is 0 Å². The Morgan fingerprint density at radius 3 is 2.86 bits per heavy atom. The van der Waals surface area contributed by atoms with Crippen molar-refractivity contribution in [3.63, 3.8) is 0 Å². The van der Waals surface area contributed by atoms with Gasteiger partial charge in [-0.05, 0) is 52.7 Å². The lowest BCUT2D eigenvalue weighted by Gasteiger charge is -2.10. The molecule has 0 spiro atoms. The van der Waals surface area contributed by atoms with Crippen LogP contribution in [0.5, 0.6) is 0 Å². The number of anilines is 1. The number of aryl methyl sites for hydroxylation is 1. The molecule has 0 amide bonds. The van der Waals surface area contributed by atoms with Crippen LogP contribution in [0.2, 0.25) is 5.02 Å². The first-order valence-corrected chi connectivity index (χ1v) is 6.92. The number of benzene rings is 2. The van der Waals surface area contributed by atoms with E-state index in [4.69, 9.17) is 11.6 Å². The number of hydrogen-bond acceptors (Lipinski definition) is 4. The Labute approximate surface area is 127 Å². The Bertz CT molecular complexity index is 740. The van der Waals surface area contributed by atoms with Gasteiger partial charge in [0.25, 0.3) is 0 Å². The minimum atomic E-state index is 0.707. The number of halogens is 1. The minimum absolute atomic E-state index is 0.707. The van der Waals surface area contributed by atoms with Crippen molar-refractivity contribution < 1.29 is 0 Å². The number of nitrogens with one attached hydrogen (secondary N) is 1. The lowest BCUT2D eigenvalue weighted by Crippen LogP contribution is -2.03. The van der Waals surface area contributed by atoms with E-state index in [1.54, 1.807) is 11.0 Å². The monoisotopic (exact) mass is 299 g/mol. The Hall–Kier alpha value is -2.40. The summed E-state index contributed by atoms with van der Waals surface area (Å²) < 4.78 is 1.65. The number of rotatable bonds is 4. The van der Waals surface area contributed by atoms with Gasteiger partial charge in [0, 0.05) is 17.3 Å². The fraction of sp³-hybridized carbons (Fsp3) is 0.133. The summed E-state index contributed by atoms with van der Waals surface area (Å²) in [6, 6.07) is 13.9. The van der Waals surface area contributed by atoms with Crippen molar-refractivity contribution in [2.75, 3.05) is 5.32 Å². The quantitative estimate of drug-likeness (QED) is 0.803. The molecule has 0 aliphatic carbocycles. The van der Waals surface area contributed by atoms with Crippen molar-refractivity contribution in [3.05, 3.63) is 64.9 Å². The second kappa shape index (κ2) is 5.93. The molecule has 1 heterocycles. The molecular weight excluding hydrogens is 286 g/mol. The van der Waals surface area contributed by atoms with Gasteiger partial charge in [0.2, 0.25) is 0 Å². The Morgan fingerprint density at radius 2 is 2.10 bits per heavy atom. The molecule has 21 heavy (non-hydrogen) atoms. The van der Waals surface area contributed by atoms with Crippen molar-refractivity contribution in [2.24, 2.45) is 0 Å². The maximum Gasteiger partial charge on any atom is 0.143 e. The van der Waals surface area contributed by atoms with Crippen LogP contribution < -0.4 is 5.32 Å². The molecule has 0 atom stereocenters. The van der Waals surface area contributed by atoms with Crippen LogP contribution in [0.1, 0.15) is 11.1 Å². The normalized spacial score (nSPS) is 10.6. The SMILES string of the molecule is Cc1ccc(NCc2cccc(Cl)c2)cc1-n1cnnn1. The zero-order valence-corrected chi connectivity index (χ0v) is 12.2. The maximum atomic E-state index is 5.99. The lowest BCUT2D eigenvalue weighted by molar-refractivity contribution is 0.785. The van der Waals surface area contributed by atoms with Gasteiger partial charge in [0.1, 0.15) is 6.33 Å². The summed E-state index contributed by atoms with van der Waals surface area (Å²) in [6.45, 7) is 2.73. The number of hydrogen-bond donors (Lipinski definition) is 1. The van der Waals surface area contributed by atoms with Gasteiger partial charge in [-0.2, -0.15) is 0 Å². The van der Waals surface area contributed by atoms with Crippen LogP contribution >= 0.6 is 11.6 Å². The molecule has 0 bridgehead atoms. The number of tetrazole rings is 1. The maximum absolute atomic E-state index is 5.99. The number of nitrogens with zero attached hydrogens (tertiary/aromatic N) is 4. The first-order valence-electron chi connectivity index (χ1n) is 6.55. The first-order chi connectivity index (χ1) is 10.2. The van der Waals surface area contributed by atoms with Gasteiger partial charge in [-0.3, -0.25) is 0 Å². The molecule has 1 aromatic heterocycles. The second-order valence-electron chi connectivity index (χ2n) is 4.74. The van der Waals surface area contributed by atoms with Crippen LogP contribution in [-0.2, 0) is 6.54 Å². The Balaban J connectivity index is 1.79. The van der Waals surface area contributed by atoms with E-state index in [9.17, 15) is 0 Å². The number of aromatic nitrogens is 4. The van der Waals surface area contributed by atoms with Gasteiger partial charge in [0.05, 0.1) is 5.69 Å². The van der Waals surface area contributed by atoms with Gasteiger partial charge in [-0.1, -0.05) is 29.8 Å². The molecule has 0 unspecified atom stereocenters. The minimum Gasteiger partial charge on any atom is -0.381 e. The third-order valence-electron chi connectivity index (χ3n) is 3.19. The van der Waals surface area contributed by atoms with Crippen molar-refractivity contribution in [3.8, 4) is 5.69 Å². The fourth-order valence-corrected chi connectivity index (χ4v) is 2.30. The first kappa shape index (κ1) is 13.6. The summed E-state index contributed by atoms with van der Waals surface area (Å²) in [6.07, 6.45) is 1.59. The lowest BCUT2D eigenvalue weighted by atomic mass is 10.1. The smallest absolute Gasteiger partial charge is 0.143 e. The van der Waals surface area contributed by atoms with Gasteiger partial charge < -0.3 is 5.32 Å². The van der Waals surface area contributed by atoms with Crippen LogP contribution in [0.4, 0.5) is 5.69 Å². The van der Waals surface area contributed by atoms with Crippen LogP contribution in [0.3, 0.4) is 0 Å². The molecule has 1 N–H and O–H groups in total. The van der Waals surface area contributed by atoms with Crippen molar-refractivity contribution in [1.82, 2.24) is 20.2 Å². The molecule has 3 aromatic rings. The van der Waals surface area contributed by atoms with Crippen LogP contribution in [0, 0.1) is 6.92 Å². The average molecular weight is 300 g/mol. The van der Waals surface area contributed by atoms with Crippen molar-refractivity contribution in [1.29, 1.82) is 0 Å². The van der Waals surface area contributed by atoms with Crippen molar-refractivity contribution in [2.45, 2.75) is 13.5 Å². The zero-order chi connectivity index (χ0) is 14.7. The van der Waals surface area contributed by atoms with E-state index in [1.165, 1.54) is 0 Å². The zero-order valence-electron chi connectivity index (χ0n) is 11.5. The molecule has 0 saturated heterocycles. The van der Waals surface area contributed by atoms with Gasteiger partial charge in [0.15, 0.2) is 0 Å². The molecule has 0 radical (unpaired) electrons. The van der Waals surface area contributed by atoms with Gasteiger partial charge in [-0.25, -0.2) is 4.68 Å². The highest BCUT2D eigenvalue weighted by molar-refractivity contribution is 6.30. The largest absolute Gasteiger partial charge is 0.381 e. The summed E-state index contributed by atoms with van der Waals surface area (Å²) in [5, 5.41) is 15.4. The predicted octanol–water partition coefficient (Wildman–Crippen LogP) is 3.24. The highest BCUT2D eigenvalue weighted by Gasteiger charge is 2.04. The summed E-state index contributed by atoms with van der Waals surface area (Å²) >= 11 is 5.99. The molecule has 0 aliphatic heterocycles. The van der Waals surface area contributed by atoms with E-state index in [0.29, 0.717) is 6.54 Å². The second-order valence-corrected chi connectivity index (χ2v) is 5.18. The fourth-order valence-electron chi connectivity index (χ4n) is 2.09. The van der Waals surface area contributed by atoms with E-state index in [1.807, 2.05) is 49.4 Å². The molecule has 0 aliphatic rings. The molecule has 0 fully saturated rings.